The van der Waals surface area contributed by atoms with Crippen LogP contribution < -0.4 is 4.90 Å². The number of carbonyl (C=O) groups is 1. The van der Waals surface area contributed by atoms with Crippen molar-refractivity contribution in [1.29, 1.82) is 0 Å². The molecule has 8 heteroatoms. The minimum atomic E-state index is -0.351. The molecule has 1 fully saturated rings. The van der Waals surface area contributed by atoms with E-state index in [4.69, 9.17) is 0 Å². The van der Waals surface area contributed by atoms with Crippen LogP contribution in [0.25, 0.3) is 11.4 Å². The molecule has 2 N–H and O–H groups in total. The first kappa shape index (κ1) is 17.9. The van der Waals surface area contributed by atoms with Crippen LogP contribution in [0.3, 0.4) is 0 Å². The zero-order valence-electron chi connectivity index (χ0n) is 14.5. The van der Waals surface area contributed by atoms with Crippen LogP contribution in [0, 0.1) is 5.82 Å². The number of piperazine rings is 1. The third-order valence-corrected chi connectivity index (χ3v) is 5.45. The zero-order valence-corrected chi connectivity index (χ0v) is 15.3. The second-order valence-corrected chi connectivity index (χ2v) is 7.44. The summed E-state index contributed by atoms with van der Waals surface area (Å²) in [5.74, 6) is 0.133. The number of amides is 1. The maximum absolute atomic E-state index is 13.8. The van der Waals surface area contributed by atoms with E-state index >= 15 is 0 Å². The number of aromatic nitrogens is 3. The van der Waals surface area contributed by atoms with E-state index in [0.29, 0.717) is 16.5 Å². The van der Waals surface area contributed by atoms with E-state index in [1.807, 2.05) is 11.8 Å². The van der Waals surface area contributed by atoms with E-state index in [-0.39, 0.29) is 17.0 Å². The summed E-state index contributed by atoms with van der Waals surface area (Å²) in [5, 5.41) is 7.05. The van der Waals surface area contributed by atoms with Gasteiger partial charge in [-0.25, -0.2) is 9.37 Å². The summed E-state index contributed by atoms with van der Waals surface area (Å²) in [5.41, 5.74) is 0.375. The van der Waals surface area contributed by atoms with E-state index in [2.05, 4.69) is 22.1 Å². The summed E-state index contributed by atoms with van der Waals surface area (Å²) >= 11 is 1.30. The minimum absolute atomic E-state index is 0.109. The van der Waals surface area contributed by atoms with Gasteiger partial charge in [-0.1, -0.05) is 23.9 Å². The molecule has 0 spiro atoms. The molecular formula is C17H23FN5OS+. The monoisotopic (exact) mass is 364 g/mol. The summed E-state index contributed by atoms with van der Waals surface area (Å²) in [6.45, 7) is 8.72. The Bertz CT molecular complexity index is 729. The number of rotatable bonds is 5. The lowest BCUT2D eigenvalue weighted by Gasteiger charge is -2.32. The van der Waals surface area contributed by atoms with Crippen LogP contribution in [0.2, 0.25) is 0 Å². The van der Waals surface area contributed by atoms with Crippen LogP contribution >= 0.6 is 11.8 Å². The normalized spacial score (nSPS) is 16.8. The van der Waals surface area contributed by atoms with Gasteiger partial charge in [0.25, 0.3) is 0 Å². The zero-order chi connectivity index (χ0) is 17.8. The van der Waals surface area contributed by atoms with Gasteiger partial charge in [0.15, 0.2) is 5.82 Å². The summed E-state index contributed by atoms with van der Waals surface area (Å²) in [6, 6.07) is 6.41. The molecule has 1 atom stereocenters. The number of thioether (sulfide) groups is 1. The SMILES string of the molecule is CC[NH+]1CCN(C(=O)[C@@H](C)Sc2n[nH]c(-c3ccccc3F)n2)CC1. The molecule has 2 aromatic rings. The topological polar surface area (TPSA) is 66.3 Å². The van der Waals surface area contributed by atoms with Crippen LogP contribution in [0.5, 0.6) is 0 Å². The molecule has 134 valence electrons. The number of nitrogens with zero attached hydrogens (tertiary/aromatic N) is 3. The Labute approximate surface area is 150 Å². The van der Waals surface area contributed by atoms with Gasteiger partial charge < -0.3 is 9.80 Å². The fourth-order valence-electron chi connectivity index (χ4n) is 2.94. The van der Waals surface area contributed by atoms with Crippen molar-refractivity contribution < 1.29 is 14.1 Å². The van der Waals surface area contributed by atoms with Crippen molar-refractivity contribution in [3.63, 3.8) is 0 Å². The Morgan fingerprint density at radius 2 is 2.12 bits per heavy atom. The van der Waals surface area contributed by atoms with Crippen molar-refractivity contribution >= 4 is 17.7 Å². The number of hydrogen-bond donors (Lipinski definition) is 2. The Balaban J connectivity index is 1.61. The predicted octanol–water partition coefficient (Wildman–Crippen LogP) is 0.838. The van der Waals surface area contributed by atoms with E-state index < -0.39 is 0 Å². The Kier molecular flexibility index (Phi) is 5.70. The van der Waals surface area contributed by atoms with E-state index in [1.54, 1.807) is 18.2 Å². The highest BCUT2D eigenvalue weighted by molar-refractivity contribution is 8.00. The van der Waals surface area contributed by atoms with Crippen molar-refractivity contribution in [1.82, 2.24) is 20.1 Å². The molecular weight excluding hydrogens is 341 g/mol. The molecule has 0 bridgehead atoms. The van der Waals surface area contributed by atoms with Crippen molar-refractivity contribution in [2.45, 2.75) is 24.3 Å². The first-order valence-corrected chi connectivity index (χ1v) is 9.42. The van der Waals surface area contributed by atoms with Gasteiger partial charge in [-0.3, -0.25) is 9.89 Å². The standard InChI is InChI=1S/C17H22FN5OS/c1-3-22-8-10-23(11-9-22)16(24)12(2)25-17-19-15(20-21-17)13-6-4-5-7-14(13)18/h4-7,12H,3,8-11H2,1-2H3,(H,19,20,21)/p+1/t12-/m1/s1. The van der Waals surface area contributed by atoms with Gasteiger partial charge in [-0.05, 0) is 26.0 Å². The molecule has 1 aromatic heterocycles. The highest BCUT2D eigenvalue weighted by atomic mass is 32.2. The Morgan fingerprint density at radius 3 is 2.80 bits per heavy atom. The molecule has 3 rings (SSSR count). The number of nitrogens with one attached hydrogen (secondary N) is 2. The number of halogens is 1. The summed E-state index contributed by atoms with van der Waals surface area (Å²) in [6.07, 6.45) is 0. The molecule has 25 heavy (non-hydrogen) atoms. The maximum Gasteiger partial charge on any atom is 0.236 e. The van der Waals surface area contributed by atoms with Gasteiger partial charge in [0.2, 0.25) is 11.1 Å². The van der Waals surface area contributed by atoms with E-state index in [1.165, 1.54) is 22.7 Å². The first-order chi connectivity index (χ1) is 12.1. The van der Waals surface area contributed by atoms with E-state index in [9.17, 15) is 9.18 Å². The third kappa shape index (κ3) is 4.19. The van der Waals surface area contributed by atoms with Gasteiger partial charge in [-0.15, -0.1) is 5.10 Å². The van der Waals surface area contributed by atoms with Crippen LogP contribution in [-0.2, 0) is 4.79 Å². The minimum Gasteiger partial charge on any atom is -0.332 e. The lowest BCUT2D eigenvalue weighted by atomic mass is 10.2. The highest BCUT2D eigenvalue weighted by Gasteiger charge is 2.27. The number of likely N-dealkylation sites (N-methyl/N-ethyl adjacent to an activating group) is 1. The molecule has 1 saturated heterocycles. The lowest BCUT2D eigenvalue weighted by Crippen LogP contribution is -3.14. The predicted molar refractivity (Wildman–Crippen MR) is 94.9 cm³/mol. The smallest absolute Gasteiger partial charge is 0.236 e. The fraction of sp³-hybridized carbons (Fsp3) is 0.471. The van der Waals surface area contributed by atoms with Gasteiger partial charge in [0, 0.05) is 0 Å². The van der Waals surface area contributed by atoms with Gasteiger partial charge in [0.05, 0.1) is 43.5 Å². The molecule has 1 aliphatic heterocycles. The quantitative estimate of drug-likeness (QED) is 0.772. The molecule has 1 aromatic carbocycles. The summed E-state index contributed by atoms with van der Waals surface area (Å²) in [7, 11) is 0. The molecule has 6 nitrogen and oxygen atoms in total. The molecule has 0 aliphatic carbocycles. The van der Waals surface area contributed by atoms with E-state index in [0.717, 1.165) is 32.7 Å². The number of benzene rings is 1. The van der Waals surface area contributed by atoms with Crippen molar-refractivity contribution in [3.05, 3.63) is 30.1 Å². The molecule has 0 unspecified atom stereocenters. The fourth-order valence-corrected chi connectivity index (χ4v) is 3.74. The highest BCUT2D eigenvalue weighted by Crippen LogP contribution is 2.25. The van der Waals surface area contributed by atoms with Gasteiger partial charge in [0.1, 0.15) is 5.82 Å². The van der Waals surface area contributed by atoms with Crippen LogP contribution in [0.4, 0.5) is 4.39 Å². The number of H-pyrrole nitrogens is 1. The Morgan fingerprint density at radius 1 is 1.40 bits per heavy atom. The first-order valence-electron chi connectivity index (χ1n) is 8.54. The summed E-state index contributed by atoms with van der Waals surface area (Å²) in [4.78, 5) is 20.4. The third-order valence-electron chi connectivity index (χ3n) is 4.51. The lowest BCUT2D eigenvalue weighted by molar-refractivity contribution is -0.902. The van der Waals surface area contributed by atoms with Crippen LogP contribution in [0.15, 0.2) is 29.4 Å². The van der Waals surface area contributed by atoms with Gasteiger partial charge in [-0.2, -0.15) is 0 Å². The average molecular weight is 364 g/mol. The number of hydrogen-bond acceptors (Lipinski definition) is 4. The van der Waals surface area contributed by atoms with Crippen LogP contribution in [-0.4, -0.2) is 64.0 Å². The number of quaternary nitrogens is 1. The second kappa shape index (κ2) is 7.97. The molecule has 2 heterocycles. The molecule has 0 saturated carbocycles. The maximum atomic E-state index is 13.8. The van der Waals surface area contributed by atoms with Crippen molar-refractivity contribution in [2.75, 3.05) is 32.7 Å². The second-order valence-electron chi connectivity index (χ2n) is 6.14. The Hall–Kier alpha value is -1.93. The molecule has 1 amide bonds. The van der Waals surface area contributed by atoms with Crippen molar-refractivity contribution in [2.24, 2.45) is 0 Å². The largest absolute Gasteiger partial charge is 0.332 e. The molecule has 0 radical (unpaired) electrons. The summed E-state index contributed by atoms with van der Waals surface area (Å²) < 4.78 is 13.8. The van der Waals surface area contributed by atoms with Crippen LogP contribution in [0.1, 0.15) is 13.8 Å². The number of carbonyl (C=O) groups excluding carboxylic acids is 1. The average Bonchev–Trinajstić information content (AvgIpc) is 3.09. The van der Waals surface area contributed by atoms with Crippen molar-refractivity contribution in [3.8, 4) is 11.4 Å². The molecule has 1 aliphatic rings. The van der Waals surface area contributed by atoms with Gasteiger partial charge >= 0.3 is 0 Å². The number of aromatic amines is 1.